The predicted molar refractivity (Wildman–Crippen MR) is 112 cm³/mol. The van der Waals surface area contributed by atoms with Crippen molar-refractivity contribution in [1.82, 2.24) is 4.90 Å². The molecular formula is C23H28N2O4. The highest BCUT2D eigenvalue weighted by Gasteiger charge is 2.22. The number of amides is 1. The molecule has 0 saturated carbocycles. The molecule has 1 aliphatic heterocycles. The minimum absolute atomic E-state index is 0.0590. The van der Waals surface area contributed by atoms with Gasteiger partial charge in [0, 0.05) is 18.7 Å². The molecule has 0 aromatic heterocycles. The monoisotopic (exact) mass is 396 g/mol. The largest absolute Gasteiger partial charge is 0.481 e. The number of rotatable bonds is 8. The van der Waals surface area contributed by atoms with Crippen LogP contribution in [0.3, 0.4) is 0 Å². The van der Waals surface area contributed by atoms with Crippen molar-refractivity contribution in [2.75, 3.05) is 25.0 Å². The molecule has 2 aromatic carbocycles. The number of hydrogen-bond donors (Lipinski definition) is 2. The van der Waals surface area contributed by atoms with Crippen LogP contribution in [-0.2, 0) is 9.59 Å². The van der Waals surface area contributed by atoms with Crippen molar-refractivity contribution >= 4 is 17.6 Å². The molecule has 1 amide bonds. The molecule has 0 bridgehead atoms. The molecule has 1 heterocycles. The number of anilines is 1. The topological polar surface area (TPSA) is 78.9 Å². The minimum atomic E-state index is -0.755. The lowest BCUT2D eigenvalue weighted by Crippen LogP contribution is -2.40. The number of carboxylic acid groups (broad SMARTS) is 1. The first kappa shape index (κ1) is 20.9. The molecule has 6 heteroatoms. The average Bonchev–Trinajstić information content (AvgIpc) is 2.68. The minimum Gasteiger partial charge on any atom is -0.481 e. The maximum atomic E-state index is 12.4. The van der Waals surface area contributed by atoms with E-state index in [0.29, 0.717) is 24.6 Å². The third-order valence-electron chi connectivity index (χ3n) is 5.10. The van der Waals surface area contributed by atoms with Crippen LogP contribution in [0, 0.1) is 12.8 Å². The van der Waals surface area contributed by atoms with Crippen LogP contribution in [0.1, 0.15) is 31.2 Å². The Hall–Kier alpha value is -2.86. The first-order valence-electron chi connectivity index (χ1n) is 10.1. The van der Waals surface area contributed by atoms with Crippen molar-refractivity contribution in [3.8, 4) is 11.5 Å². The molecule has 3 rings (SSSR count). The van der Waals surface area contributed by atoms with Gasteiger partial charge in [-0.15, -0.1) is 0 Å². The van der Waals surface area contributed by atoms with Gasteiger partial charge in [0.05, 0.1) is 6.54 Å². The van der Waals surface area contributed by atoms with E-state index in [1.165, 1.54) is 0 Å². The number of carbonyl (C=O) groups is 2. The molecule has 154 valence electrons. The van der Waals surface area contributed by atoms with Crippen LogP contribution in [0.5, 0.6) is 11.5 Å². The predicted octanol–water partition coefficient (Wildman–Crippen LogP) is 4.30. The summed E-state index contributed by atoms with van der Waals surface area (Å²) >= 11 is 0. The highest BCUT2D eigenvalue weighted by molar-refractivity contribution is 5.92. The van der Waals surface area contributed by atoms with E-state index in [4.69, 9.17) is 9.84 Å². The second-order valence-electron chi connectivity index (χ2n) is 7.67. The Morgan fingerprint density at radius 3 is 2.69 bits per heavy atom. The molecule has 0 aliphatic carbocycles. The van der Waals surface area contributed by atoms with Gasteiger partial charge in [-0.1, -0.05) is 12.1 Å². The van der Waals surface area contributed by atoms with E-state index in [9.17, 15) is 9.59 Å². The second kappa shape index (κ2) is 10.1. The van der Waals surface area contributed by atoms with Crippen molar-refractivity contribution in [3.63, 3.8) is 0 Å². The zero-order chi connectivity index (χ0) is 20.6. The molecule has 1 aliphatic rings. The Labute approximate surface area is 171 Å². The summed E-state index contributed by atoms with van der Waals surface area (Å²) in [6.45, 7) is 4.00. The maximum absolute atomic E-state index is 12.4. The van der Waals surface area contributed by atoms with Crippen LogP contribution in [0.2, 0.25) is 0 Å². The fourth-order valence-electron chi connectivity index (χ4n) is 3.68. The first-order chi connectivity index (χ1) is 14.0. The van der Waals surface area contributed by atoms with E-state index in [-0.39, 0.29) is 12.3 Å². The van der Waals surface area contributed by atoms with E-state index in [2.05, 4.69) is 10.2 Å². The van der Waals surface area contributed by atoms with Gasteiger partial charge in [-0.2, -0.15) is 0 Å². The molecule has 0 spiro atoms. The summed E-state index contributed by atoms with van der Waals surface area (Å²) in [5.74, 6) is 1.03. The lowest BCUT2D eigenvalue weighted by Gasteiger charge is -2.32. The van der Waals surface area contributed by atoms with Gasteiger partial charge in [-0.05, 0) is 80.6 Å². The summed E-state index contributed by atoms with van der Waals surface area (Å²) in [5, 5.41) is 11.8. The van der Waals surface area contributed by atoms with E-state index >= 15 is 0 Å². The third kappa shape index (κ3) is 6.91. The Bertz CT molecular complexity index is 835. The van der Waals surface area contributed by atoms with Gasteiger partial charge in [0.25, 0.3) is 0 Å². The third-order valence-corrected chi connectivity index (χ3v) is 5.10. The SMILES string of the molecule is Cc1cccc(Oc2ccc(NC(=O)CN3CCCC(CCC(=O)O)C3)cc2)c1. The highest BCUT2D eigenvalue weighted by Crippen LogP contribution is 2.24. The fourth-order valence-corrected chi connectivity index (χ4v) is 3.68. The maximum Gasteiger partial charge on any atom is 0.303 e. The number of nitrogens with zero attached hydrogens (tertiary/aromatic N) is 1. The van der Waals surface area contributed by atoms with Crippen LogP contribution in [0.25, 0.3) is 0 Å². The van der Waals surface area contributed by atoms with Gasteiger partial charge in [-0.3, -0.25) is 14.5 Å². The summed E-state index contributed by atoms with van der Waals surface area (Å²) in [6, 6.07) is 15.2. The van der Waals surface area contributed by atoms with Gasteiger partial charge < -0.3 is 15.2 Å². The summed E-state index contributed by atoms with van der Waals surface area (Å²) < 4.78 is 5.83. The molecule has 0 radical (unpaired) electrons. The van der Waals surface area contributed by atoms with Crippen molar-refractivity contribution in [1.29, 1.82) is 0 Å². The number of aryl methyl sites for hydroxylation is 1. The fraction of sp³-hybridized carbons (Fsp3) is 0.391. The molecule has 1 fully saturated rings. The quantitative estimate of drug-likeness (QED) is 0.695. The highest BCUT2D eigenvalue weighted by atomic mass is 16.5. The summed E-state index contributed by atoms with van der Waals surface area (Å²) in [4.78, 5) is 25.3. The van der Waals surface area contributed by atoms with E-state index in [1.54, 1.807) is 0 Å². The van der Waals surface area contributed by atoms with Gasteiger partial charge in [-0.25, -0.2) is 0 Å². The van der Waals surface area contributed by atoms with E-state index < -0.39 is 5.97 Å². The normalized spacial score (nSPS) is 16.9. The zero-order valence-electron chi connectivity index (χ0n) is 16.8. The molecule has 1 saturated heterocycles. The van der Waals surface area contributed by atoms with Crippen LogP contribution >= 0.6 is 0 Å². The van der Waals surface area contributed by atoms with Crippen LogP contribution in [0.15, 0.2) is 48.5 Å². The first-order valence-corrected chi connectivity index (χ1v) is 10.1. The molecule has 2 N–H and O–H groups in total. The van der Waals surface area contributed by atoms with E-state index in [0.717, 1.165) is 42.9 Å². The average molecular weight is 396 g/mol. The Morgan fingerprint density at radius 1 is 1.17 bits per heavy atom. The molecule has 1 atom stereocenters. The molecular weight excluding hydrogens is 368 g/mol. The van der Waals surface area contributed by atoms with E-state index in [1.807, 2.05) is 55.5 Å². The number of piperidine rings is 1. The van der Waals surface area contributed by atoms with Gasteiger partial charge >= 0.3 is 5.97 Å². The lowest BCUT2D eigenvalue weighted by molar-refractivity contribution is -0.137. The Kier molecular flexibility index (Phi) is 7.25. The standard InChI is InChI=1S/C23H28N2O4/c1-17-4-2-6-21(14-17)29-20-10-8-19(9-11-20)24-22(26)16-25-13-3-5-18(15-25)7-12-23(27)28/h2,4,6,8-11,14,18H,3,5,7,12-13,15-16H2,1H3,(H,24,26)(H,27,28). The van der Waals surface area contributed by atoms with Crippen LogP contribution < -0.4 is 10.1 Å². The van der Waals surface area contributed by atoms with Crippen molar-refractivity contribution in [2.45, 2.75) is 32.6 Å². The molecule has 6 nitrogen and oxygen atoms in total. The molecule has 2 aromatic rings. The Balaban J connectivity index is 1.47. The number of likely N-dealkylation sites (tertiary alicyclic amines) is 1. The van der Waals surface area contributed by atoms with Gasteiger partial charge in [0.1, 0.15) is 11.5 Å². The number of aliphatic carboxylic acids is 1. The number of carboxylic acids is 1. The van der Waals surface area contributed by atoms with Crippen molar-refractivity contribution in [3.05, 3.63) is 54.1 Å². The van der Waals surface area contributed by atoms with Crippen molar-refractivity contribution in [2.24, 2.45) is 5.92 Å². The summed E-state index contributed by atoms with van der Waals surface area (Å²) in [5.41, 5.74) is 1.86. The summed E-state index contributed by atoms with van der Waals surface area (Å²) in [6.07, 6.45) is 2.91. The Morgan fingerprint density at radius 2 is 1.97 bits per heavy atom. The number of carbonyl (C=O) groups excluding carboxylic acids is 1. The number of benzene rings is 2. The molecule has 1 unspecified atom stereocenters. The number of ether oxygens (including phenoxy) is 1. The number of nitrogens with one attached hydrogen (secondary N) is 1. The number of hydrogen-bond acceptors (Lipinski definition) is 4. The van der Waals surface area contributed by atoms with Crippen molar-refractivity contribution < 1.29 is 19.4 Å². The van der Waals surface area contributed by atoms with Crippen LogP contribution in [-0.4, -0.2) is 41.5 Å². The van der Waals surface area contributed by atoms with Gasteiger partial charge in [0.2, 0.25) is 5.91 Å². The lowest BCUT2D eigenvalue weighted by atomic mass is 9.93. The van der Waals surface area contributed by atoms with Crippen LogP contribution in [0.4, 0.5) is 5.69 Å². The zero-order valence-corrected chi connectivity index (χ0v) is 16.8. The van der Waals surface area contributed by atoms with Gasteiger partial charge in [0.15, 0.2) is 0 Å². The second-order valence-corrected chi connectivity index (χ2v) is 7.67. The smallest absolute Gasteiger partial charge is 0.303 e. The summed E-state index contributed by atoms with van der Waals surface area (Å²) in [7, 11) is 0. The molecule has 29 heavy (non-hydrogen) atoms.